The molecule has 1 rings (SSSR count). The molecular formula is C11H9F3N2O. The van der Waals surface area contributed by atoms with Crippen molar-refractivity contribution < 1.29 is 18.0 Å². The summed E-state index contributed by atoms with van der Waals surface area (Å²) in [4.78, 5) is 10.8. The normalized spacial score (nSPS) is 12.8. The van der Waals surface area contributed by atoms with Crippen LogP contribution >= 0.6 is 0 Å². The van der Waals surface area contributed by atoms with E-state index in [0.29, 0.717) is 5.56 Å². The van der Waals surface area contributed by atoms with Crippen LogP contribution < -0.4 is 5.73 Å². The highest BCUT2D eigenvalue weighted by Gasteiger charge is 2.30. The van der Waals surface area contributed by atoms with Gasteiger partial charge in [0, 0.05) is 0 Å². The first-order valence-corrected chi connectivity index (χ1v) is 4.69. The van der Waals surface area contributed by atoms with E-state index in [2.05, 4.69) is 0 Å². The molecule has 0 radical (unpaired) electrons. The molecule has 90 valence electrons. The lowest BCUT2D eigenvalue weighted by Gasteiger charge is -2.08. The van der Waals surface area contributed by atoms with E-state index in [0.717, 1.165) is 12.1 Å². The first-order chi connectivity index (χ1) is 7.84. The van der Waals surface area contributed by atoms with Crippen LogP contribution in [-0.4, -0.2) is 5.91 Å². The van der Waals surface area contributed by atoms with Gasteiger partial charge in [0.05, 0.1) is 11.6 Å². The monoisotopic (exact) mass is 242 g/mol. The summed E-state index contributed by atoms with van der Waals surface area (Å²) in [6.07, 6.45) is -4.37. The number of carbonyl (C=O) groups excluding carboxylic acids is 1. The summed E-state index contributed by atoms with van der Waals surface area (Å²) < 4.78 is 36.8. The van der Waals surface area contributed by atoms with Crippen LogP contribution in [0.5, 0.6) is 0 Å². The molecule has 0 aromatic heterocycles. The Labute approximate surface area is 95.6 Å². The molecule has 6 heteroatoms. The van der Waals surface area contributed by atoms with Crippen molar-refractivity contribution in [2.75, 3.05) is 0 Å². The highest BCUT2D eigenvalue weighted by molar-refractivity contribution is 5.79. The Kier molecular flexibility index (Phi) is 3.73. The fourth-order valence-electron chi connectivity index (χ4n) is 1.28. The number of benzene rings is 1. The van der Waals surface area contributed by atoms with Crippen LogP contribution in [0, 0.1) is 17.2 Å². The van der Waals surface area contributed by atoms with Gasteiger partial charge in [0.15, 0.2) is 0 Å². The van der Waals surface area contributed by atoms with Gasteiger partial charge >= 0.3 is 6.18 Å². The van der Waals surface area contributed by atoms with E-state index in [1.165, 1.54) is 12.1 Å². The van der Waals surface area contributed by atoms with Crippen LogP contribution in [0.2, 0.25) is 0 Å². The molecular weight excluding hydrogens is 233 g/mol. The van der Waals surface area contributed by atoms with Crippen molar-refractivity contribution in [3.8, 4) is 6.07 Å². The maximum Gasteiger partial charge on any atom is 0.416 e. The highest BCUT2D eigenvalue weighted by Crippen LogP contribution is 2.29. The minimum atomic E-state index is -4.39. The molecule has 0 spiro atoms. The van der Waals surface area contributed by atoms with E-state index in [1.54, 1.807) is 6.07 Å². The third kappa shape index (κ3) is 3.48. The Hall–Kier alpha value is -2.03. The summed E-state index contributed by atoms with van der Waals surface area (Å²) in [5, 5.41) is 8.61. The van der Waals surface area contributed by atoms with Gasteiger partial charge in [0.25, 0.3) is 0 Å². The molecule has 1 unspecified atom stereocenters. The van der Waals surface area contributed by atoms with Crippen LogP contribution in [0.1, 0.15) is 11.1 Å². The molecule has 1 aromatic carbocycles. The number of hydrogen-bond acceptors (Lipinski definition) is 2. The molecule has 2 N–H and O–H groups in total. The zero-order valence-corrected chi connectivity index (χ0v) is 8.66. The Bertz CT molecular complexity index is 445. The van der Waals surface area contributed by atoms with Crippen molar-refractivity contribution in [2.45, 2.75) is 12.6 Å². The fourth-order valence-corrected chi connectivity index (χ4v) is 1.28. The quantitative estimate of drug-likeness (QED) is 0.879. The molecule has 0 fully saturated rings. The molecule has 0 saturated carbocycles. The average molecular weight is 242 g/mol. The van der Waals surface area contributed by atoms with Crippen LogP contribution in [0.3, 0.4) is 0 Å². The summed E-state index contributed by atoms with van der Waals surface area (Å²) in [6.45, 7) is 0. The lowest BCUT2D eigenvalue weighted by Crippen LogP contribution is -2.23. The molecule has 0 bridgehead atoms. The lowest BCUT2D eigenvalue weighted by molar-refractivity contribution is -0.137. The van der Waals surface area contributed by atoms with Crippen molar-refractivity contribution in [1.29, 1.82) is 5.26 Å². The largest absolute Gasteiger partial charge is 0.416 e. The van der Waals surface area contributed by atoms with Gasteiger partial charge in [-0.15, -0.1) is 0 Å². The van der Waals surface area contributed by atoms with Gasteiger partial charge in [0.2, 0.25) is 5.91 Å². The number of amides is 1. The first-order valence-electron chi connectivity index (χ1n) is 4.69. The minimum absolute atomic E-state index is 0.0178. The Morgan fingerprint density at radius 1 is 1.35 bits per heavy atom. The summed E-state index contributed by atoms with van der Waals surface area (Å²) in [7, 11) is 0. The van der Waals surface area contributed by atoms with Gasteiger partial charge in [-0.05, 0) is 24.1 Å². The van der Waals surface area contributed by atoms with Crippen LogP contribution in [0.25, 0.3) is 0 Å². The zero-order valence-electron chi connectivity index (χ0n) is 8.66. The summed E-state index contributed by atoms with van der Waals surface area (Å²) in [5.74, 6) is -1.81. The number of rotatable bonds is 3. The molecule has 0 aliphatic carbocycles. The SMILES string of the molecule is N#CC(Cc1ccc(C(F)(F)F)cc1)C(N)=O. The maximum absolute atomic E-state index is 12.3. The van der Waals surface area contributed by atoms with Crippen molar-refractivity contribution in [2.24, 2.45) is 11.7 Å². The predicted molar refractivity (Wildman–Crippen MR) is 53.4 cm³/mol. The van der Waals surface area contributed by atoms with E-state index in [9.17, 15) is 18.0 Å². The van der Waals surface area contributed by atoms with E-state index in [-0.39, 0.29) is 6.42 Å². The van der Waals surface area contributed by atoms with Crippen LogP contribution in [0.4, 0.5) is 13.2 Å². The first kappa shape index (κ1) is 13.0. The molecule has 0 aliphatic rings. The highest BCUT2D eigenvalue weighted by atomic mass is 19.4. The van der Waals surface area contributed by atoms with Crippen molar-refractivity contribution in [3.63, 3.8) is 0 Å². The van der Waals surface area contributed by atoms with Gasteiger partial charge in [0.1, 0.15) is 5.92 Å². The van der Waals surface area contributed by atoms with Gasteiger partial charge < -0.3 is 5.73 Å². The number of nitrogens with zero attached hydrogens (tertiary/aromatic N) is 1. The second-order valence-electron chi connectivity index (χ2n) is 3.48. The summed E-state index contributed by atoms with van der Waals surface area (Å²) >= 11 is 0. The number of hydrogen-bond donors (Lipinski definition) is 1. The van der Waals surface area contributed by atoms with Crippen molar-refractivity contribution in [1.82, 2.24) is 0 Å². The van der Waals surface area contributed by atoms with E-state index in [4.69, 9.17) is 11.0 Å². The van der Waals surface area contributed by atoms with Gasteiger partial charge in [-0.1, -0.05) is 12.1 Å². The summed E-state index contributed by atoms with van der Waals surface area (Å²) in [5.41, 5.74) is 4.64. The predicted octanol–water partition coefficient (Wildman–Crippen LogP) is 1.87. The van der Waals surface area contributed by atoms with E-state index < -0.39 is 23.6 Å². The Morgan fingerprint density at radius 2 is 1.88 bits per heavy atom. The molecule has 0 saturated heterocycles. The van der Waals surface area contributed by atoms with Gasteiger partial charge in [-0.25, -0.2) is 0 Å². The second kappa shape index (κ2) is 4.87. The number of nitriles is 1. The minimum Gasteiger partial charge on any atom is -0.369 e. The van der Waals surface area contributed by atoms with Gasteiger partial charge in [-0.3, -0.25) is 4.79 Å². The topological polar surface area (TPSA) is 66.9 Å². The number of primary amides is 1. The average Bonchev–Trinajstić information content (AvgIpc) is 2.25. The van der Waals surface area contributed by atoms with Crippen molar-refractivity contribution >= 4 is 5.91 Å². The van der Waals surface area contributed by atoms with Crippen LogP contribution in [0.15, 0.2) is 24.3 Å². The zero-order chi connectivity index (χ0) is 13.1. The molecule has 1 aromatic rings. The third-order valence-corrected chi connectivity index (χ3v) is 2.22. The standard InChI is InChI=1S/C11H9F3N2O/c12-11(13,14)9-3-1-7(2-4-9)5-8(6-15)10(16)17/h1-4,8H,5H2,(H2,16,17). The van der Waals surface area contributed by atoms with E-state index in [1.807, 2.05) is 0 Å². The second-order valence-corrected chi connectivity index (χ2v) is 3.48. The molecule has 1 amide bonds. The Balaban J connectivity index is 2.83. The number of halogens is 3. The third-order valence-electron chi connectivity index (χ3n) is 2.22. The smallest absolute Gasteiger partial charge is 0.369 e. The lowest BCUT2D eigenvalue weighted by atomic mass is 9.99. The van der Waals surface area contributed by atoms with Crippen molar-refractivity contribution in [3.05, 3.63) is 35.4 Å². The molecule has 0 aliphatic heterocycles. The molecule has 17 heavy (non-hydrogen) atoms. The van der Waals surface area contributed by atoms with E-state index >= 15 is 0 Å². The molecule has 1 atom stereocenters. The fraction of sp³-hybridized carbons (Fsp3) is 0.273. The maximum atomic E-state index is 12.3. The number of nitrogens with two attached hydrogens (primary N) is 1. The molecule has 3 nitrogen and oxygen atoms in total. The number of alkyl halides is 3. The number of carbonyl (C=O) groups is 1. The molecule has 0 heterocycles. The summed E-state index contributed by atoms with van der Waals surface area (Å²) in [6, 6.07) is 5.98. The Morgan fingerprint density at radius 3 is 2.24 bits per heavy atom. The van der Waals surface area contributed by atoms with Crippen LogP contribution in [-0.2, 0) is 17.4 Å². The van der Waals surface area contributed by atoms with Gasteiger partial charge in [-0.2, -0.15) is 18.4 Å².